The minimum Gasteiger partial charge on any atom is -0.372 e. The number of halogens is 5. The van der Waals surface area contributed by atoms with Gasteiger partial charge in [0.15, 0.2) is 5.96 Å². The summed E-state index contributed by atoms with van der Waals surface area (Å²) in [5, 5.41) is 5.79. The molecule has 0 aliphatic carbocycles. The first-order chi connectivity index (χ1) is 11.3. The van der Waals surface area contributed by atoms with Crippen LogP contribution in [0, 0.1) is 11.6 Å². The number of ether oxygens (including phenoxy) is 1. The van der Waals surface area contributed by atoms with Crippen LogP contribution in [0.5, 0.6) is 0 Å². The molecular weight excluding hydrogens is 333 g/mol. The maximum atomic E-state index is 13.5. The second-order valence-electron chi connectivity index (χ2n) is 4.88. The summed E-state index contributed by atoms with van der Waals surface area (Å²) in [5.41, 5.74) is 0.112. The quantitative estimate of drug-likeness (QED) is 0.327. The highest BCUT2D eigenvalue weighted by molar-refractivity contribution is 5.79. The Hall–Kier alpha value is -1.90. The predicted octanol–water partition coefficient (Wildman–Crippen LogP) is 2.99. The first-order valence-corrected chi connectivity index (χ1v) is 7.42. The van der Waals surface area contributed by atoms with Gasteiger partial charge in [0.1, 0.15) is 18.2 Å². The standard InChI is InChI=1S/C15H20F5N3O/c1-2-21-14(22-6-3-7-24-10-15(18,19)20)23-9-11-8-12(16)4-5-13(11)17/h4-5,8H,2-3,6-7,9-10H2,1H3,(H2,21,22,23). The molecule has 0 heterocycles. The molecule has 0 atom stereocenters. The van der Waals surface area contributed by atoms with E-state index in [9.17, 15) is 22.0 Å². The average Bonchev–Trinajstić information content (AvgIpc) is 2.50. The molecule has 136 valence electrons. The fourth-order valence-corrected chi connectivity index (χ4v) is 1.74. The van der Waals surface area contributed by atoms with Crippen LogP contribution in [0.4, 0.5) is 22.0 Å². The van der Waals surface area contributed by atoms with Crippen LogP contribution in [-0.4, -0.2) is 38.4 Å². The van der Waals surface area contributed by atoms with E-state index in [1.165, 1.54) is 0 Å². The van der Waals surface area contributed by atoms with E-state index in [0.29, 0.717) is 25.5 Å². The molecule has 1 rings (SSSR count). The van der Waals surface area contributed by atoms with E-state index in [1.807, 2.05) is 6.92 Å². The van der Waals surface area contributed by atoms with E-state index >= 15 is 0 Å². The minimum atomic E-state index is -4.33. The molecule has 0 aromatic heterocycles. The van der Waals surface area contributed by atoms with E-state index in [2.05, 4.69) is 20.4 Å². The van der Waals surface area contributed by atoms with E-state index < -0.39 is 24.4 Å². The van der Waals surface area contributed by atoms with Crippen molar-refractivity contribution in [3.8, 4) is 0 Å². The van der Waals surface area contributed by atoms with Gasteiger partial charge in [-0.15, -0.1) is 0 Å². The van der Waals surface area contributed by atoms with Crippen LogP contribution in [0.3, 0.4) is 0 Å². The zero-order valence-corrected chi connectivity index (χ0v) is 13.2. The summed E-state index contributed by atoms with van der Waals surface area (Å²) >= 11 is 0. The van der Waals surface area contributed by atoms with E-state index in [-0.39, 0.29) is 18.7 Å². The summed E-state index contributed by atoms with van der Waals surface area (Å²) in [6.07, 6.45) is -3.99. The number of nitrogens with one attached hydrogen (secondary N) is 2. The molecule has 4 nitrogen and oxygen atoms in total. The van der Waals surface area contributed by atoms with Crippen molar-refractivity contribution in [3.05, 3.63) is 35.4 Å². The van der Waals surface area contributed by atoms with Crippen molar-refractivity contribution in [3.63, 3.8) is 0 Å². The van der Waals surface area contributed by atoms with Gasteiger partial charge in [0.05, 0.1) is 6.54 Å². The molecule has 0 saturated heterocycles. The average molecular weight is 353 g/mol. The summed E-state index contributed by atoms with van der Waals surface area (Å²) in [4.78, 5) is 4.11. The Morgan fingerprint density at radius 1 is 1.21 bits per heavy atom. The Balaban J connectivity index is 2.41. The van der Waals surface area contributed by atoms with Crippen LogP contribution in [0.25, 0.3) is 0 Å². The minimum absolute atomic E-state index is 0.0512. The molecule has 1 aromatic carbocycles. The fraction of sp³-hybridized carbons (Fsp3) is 0.533. The molecule has 0 radical (unpaired) electrons. The Morgan fingerprint density at radius 2 is 1.96 bits per heavy atom. The monoisotopic (exact) mass is 353 g/mol. The maximum Gasteiger partial charge on any atom is 0.411 e. The number of rotatable bonds is 8. The van der Waals surface area contributed by atoms with Crippen LogP contribution in [0.15, 0.2) is 23.2 Å². The summed E-state index contributed by atoms with van der Waals surface area (Å²) in [7, 11) is 0. The summed E-state index contributed by atoms with van der Waals surface area (Å²) in [5.74, 6) is -0.755. The van der Waals surface area contributed by atoms with Gasteiger partial charge in [0.2, 0.25) is 0 Å². The predicted molar refractivity (Wildman–Crippen MR) is 80.7 cm³/mol. The van der Waals surface area contributed by atoms with E-state index in [1.54, 1.807) is 0 Å². The van der Waals surface area contributed by atoms with Crippen molar-refractivity contribution >= 4 is 5.96 Å². The highest BCUT2D eigenvalue weighted by Gasteiger charge is 2.27. The van der Waals surface area contributed by atoms with Gasteiger partial charge in [-0.3, -0.25) is 0 Å². The summed E-state index contributed by atoms with van der Waals surface area (Å²) in [6.45, 7) is 1.30. The lowest BCUT2D eigenvalue weighted by Gasteiger charge is -2.12. The molecule has 9 heteroatoms. The van der Waals surface area contributed by atoms with Crippen molar-refractivity contribution in [1.29, 1.82) is 0 Å². The first-order valence-electron chi connectivity index (χ1n) is 7.42. The highest BCUT2D eigenvalue weighted by Crippen LogP contribution is 2.14. The van der Waals surface area contributed by atoms with Crippen LogP contribution in [0.2, 0.25) is 0 Å². The van der Waals surface area contributed by atoms with Gasteiger partial charge in [-0.05, 0) is 31.5 Å². The van der Waals surface area contributed by atoms with Crippen LogP contribution >= 0.6 is 0 Å². The SMILES string of the molecule is CCNC(=NCc1cc(F)ccc1F)NCCCOCC(F)(F)F. The van der Waals surface area contributed by atoms with Gasteiger partial charge >= 0.3 is 6.18 Å². The number of aliphatic imine (C=N–C) groups is 1. The highest BCUT2D eigenvalue weighted by atomic mass is 19.4. The smallest absolute Gasteiger partial charge is 0.372 e. The lowest BCUT2D eigenvalue weighted by atomic mass is 10.2. The molecule has 2 N–H and O–H groups in total. The molecule has 0 amide bonds. The van der Waals surface area contributed by atoms with Gasteiger partial charge in [-0.25, -0.2) is 13.8 Å². The normalized spacial score (nSPS) is 12.3. The number of hydrogen-bond donors (Lipinski definition) is 2. The number of hydrogen-bond acceptors (Lipinski definition) is 2. The van der Waals surface area contributed by atoms with E-state index in [0.717, 1.165) is 18.2 Å². The first kappa shape index (κ1) is 20.1. The molecule has 24 heavy (non-hydrogen) atoms. The van der Waals surface area contributed by atoms with Crippen molar-refractivity contribution in [2.75, 3.05) is 26.3 Å². The number of alkyl halides is 3. The summed E-state index contributed by atoms with van der Waals surface area (Å²) in [6, 6.07) is 3.11. The van der Waals surface area contributed by atoms with E-state index in [4.69, 9.17) is 0 Å². The maximum absolute atomic E-state index is 13.5. The fourth-order valence-electron chi connectivity index (χ4n) is 1.74. The van der Waals surface area contributed by atoms with Crippen molar-refractivity contribution in [2.45, 2.75) is 26.1 Å². The zero-order chi connectivity index (χ0) is 18.0. The lowest BCUT2D eigenvalue weighted by molar-refractivity contribution is -0.173. The summed E-state index contributed by atoms with van der Waals surface area (Å²) < 4.78 is 66.7. The van der Waals surface area contributed by atoms with Crippen molar-refractivity contribution < 1.29 is 26.7 Å². The number of nitrogens with zero attached hydrogens (tertiary/aromatic N) is 1. The molecule has 0 unspecified atom stereocenters. The van der Waals surface area contributed by atoms with Gasteiger partial charge in [-0.1, -0.05) is 0 Å². The van der Waals surface area contributed by atoms with Gasteiger partial charge in [-0.2, -0.15) is 13.2 Å². The Kier molecular flexibility index (Phi) is 8.45. The third-order valence-electron chi connectivity index (χ3n) is 2.78. The number of benzene rings is 1. The Labute approximate surface area is 137 Å². The Morgan fingerprint density at radius 3 is 2.62 bits per heavy atom. The van der Waals surface area contributed by atoms with Gasteiger partial charge < -0.3 is 15.4 Å². The van der Waals surface area contributed by atoms with Crippen molar-refractivity contribution in [1.82, 2.24) is 10.6 Å². The largest absolute Gasteiger partial charge is 0.411 e. The van der Waals surface area contributed by atoms with Gasteiger partial charge in [0.25, 0.3) is 0 Å². The Bertz CT molecular complexity index is 534. The molecule has 0 aliphatic rings. The van der Waals surface area contributed by atoms with Crippen LogP contribution in [0.1, 0.15) is 18.9 Å². The molecule has 0 fully saturated rings. The third kappa shape index (κ3) is 8.66. The lowest BCUT2D eigenvalue weighted by Crippen LogP contribution is -2.38. The second-order valence-corrected chi connectivity index (χ2v) is 4.88. The zero-order valence-electron chi connectivity index (χ0n) is 13.2. The molecule has 0 aliphatic heterocycles. The molecule has 0 spiro atoms. The van der Waals surface area contributed by atoms with Gasteiger partial charge in [0, 0.05) is 25.3 Å². The molecule has 1 aromatic rings. The van der Waals surface area contributed by atoms with Crippen LogP contribution < -0.4 is 10.6 Å². The number of guanidine groups is 1. The third-order valence-corrected chi connectivity index (χ3v) is 2.78. The second kappa shape index (κ2) is 10.1. The molecule has 0 bridgehead atoms. The molecular formula is C15H20F5N3O. The molecule has 0 saturated carbocycles. The topological polar surface area (TPSA) is 45.7 Å². The van der Waals surface area contributed by atoms with Crippen LogP contribution in [-0.2, 0) is 11.3 Å². The van der Waals surface area contributed by atoms with Crippen molar-refractivity contribution in [2.24, 2.45) is 4.99 Å².